The molecule has 8 heteroatoms. The Labute approximate surface area is 241 Å². The molecule has 0 bridgehead atoms. The van der Waals surface area contributed by atoms with Crippen LogP contribution < -0.4 is 14.4 Å². The van der Waals surface area contributed by atoms with Gasteiger partial charge in [-0.2, -0.15) is 0 Å². The Hall–Kier alpha value is -4.33. The number of carbonyl (C=O) groups excluding carboxylic acids is 1. The van der Waals surface area contributed by atoms with Crippen molar-refractivity contribution in [2.75, 3.05) is 32.2 Å². The molecule has 4 aromatic rings. The van der Waals surface area contributed by atoms with E-state index in [0.29, 0.717) is 12.3 Å². The number of fused-ring (bicyclic) bond motifs is 1. The highest BCUT2D eigenvalue weighted by atomic mass is 16.6. The normalized spacial score (nSPS) is 14.5. The van der Waals surface area contributed by atoms with E-state index in [0.717, 1.165) is 71.1 Å². The van der Waals surface area contributed by atoms with Crippen LogP contribution >= 0.6 is 0 Å². The molecule has 214 valence electrons. The maximum absolute atomic E-state index is 12.2. The highest BCUT2D eigenvalue weighted by Gasteiger charge is 2.24. The molecule has 1 fully saturated rings. The maximum Gasteiger partial charge on any atom is 0.306 e. The summed E-state index contributed by atoms with van der Waals surface area (Å²) in [6.07, 6.45) is 8.13. The molecule has 41 heavy (non-hydrogen) atoms. The Morgan fingerprint density at radius 2 is 1.68 bits per heavy atom. The van der Waals surface area contributed by atoms with Crippen molar-refractivity contribution in [2.45, 2.75) is 45.6 Å². The Kier molecular flexibility index (Phi) is 8.28. The van der Waals surface area contributed by atoms with Crippen LogP contribution in [-0.4, -0.2) is 53.8 Å². The number of aromatic nitrogens is 3. The number of nitrogens with zero attached hydrogens (tertiary/aromatic N) is 3. The van der Waals surface area contributed by atoms with Crippen LogP contribution in [-0.2, 0) is 9.53 Å². The number of benzene rings is 2. The number of rotatable bonds is 8. The second kappa shape index (κ2) is 12.0. The van der Waals surface area contributed by atoms with Gasteiger partial charge in [0.1, 0.15) is 22.6 Å². The second-order valence-corrected chi connectivity index (χ2v) is 11.5. The van der Waals surface area contributed by atoms with E-state index in [4.69, 9.17) is 19.2 Å². The van der Waals surface area contributed by atoms with Crippen LogP contribution in [0.25, 0.3) is 34.6 Å². The van der Waals surface area contributed by atoms with E-state index in [1.807, 2.05) is 57.2 Å². The van der Waals surface area contributed by atoms with Gasteiger partial charge in [0.05, 0.1) is 26.1 Å². The van der Waals surface area contributed by atoms with Gasteiger partial charge in [0.25, 0.3) is 0 Å². The Morgan fingerprint density at radius 3 is 2.32 bits per heavy atom. The molecule has 1 saturated heterocycles. The van der Waals surface area contributed by atoms with Gasteiger partial charge in [-0.25, -0.2) is 9.97 Å². The van der Waals surface area contributed by atoms with Gasteiger partial charge in [0.2, 0.25) is 0 Å². The van der Waals surface area contributed by atoms with E-state index in [9.17, 15) is 4.79 Å². The van der Waals surface area contributed by atoms with Crippen LogP contribution in [0.4, 0.5) is 5.69 Å². The molecule has 0 radical (unpaired) electrons. The zero-order chi connectivity index (χ0) is 29.0. The Morgan fingerprint density at radius 1 is 1.00 bits per heavy atom. The zero-order valence-electron chi connectivity index (χ0n) is 24.4. The van der Waals surface area contributed by atoms with Crippen molar-refractivity contribution in [1.29, 1.82) is 0 Å². The van der Waals surface area contributed by atoms with Crippen molar-refractivity contribution in [3.63, 3.8) is 0 Å². The highest BCUT2D eigenvalue weighted by molar-refractivity contribution is 5.81. The fourth-order valence-electron chi connectivity index (χ4n) is 5.12. The number of carbonyl (C=O) groups is 1. The van der Waals surface area contributed by atoms with Gasteiger partial charge in [-0.15, -0.1) is 0 Å². The lowest BCUT2D eigenvalue weighted by Gasteiger charge is -2.33. The fourth-order valence-corrected chi connectivity index (χ4v) is 5.12. The summed E-state index contributed by atoms with van der Waals surface area (Å²) in [6.45, 7) is 7.62. The van der Waals surface area contributed by atoms with Gasteiger partial charge >= 0.3 is 5.97 Å². The number of H-pyrrole nitrogens is 1. The van der Waals surface area contributed by atoms with Gasteiger partial charge in [-0.1, -0.05) is 18.2 Å². The molecular weight excluding hydrogens is 516 g/mol. The molecule has 0 aliphatic carbocycles. The minimum absolute atomic E-state index is 0.0942. The van der Waals surface area contributed by atoms with Crippen molar-refractivity contribution in [2.24, 2.45) is 5.92 Å². The molecule has 5 rings (SSSR count). The molecule has 0 saturated carbocycles. The molecule has 1 N–H and O–H groups in total. The number of anilines is 1. The van der Waals surface area contributed by atoms with Crippen LogP contribution in [0.1, 0.15) is 51.3 Å². The Balaban J connectivity index is 1.22. The van der Waals surface area contributed by atoms with Gasteiger partial charge < -0.3 is 24.1 Å². The quantitative estimate of drug-likeness (QED) is 0.241. The molecule has 0 unspecified atom stereocenters. The van der Waals surface area contributed by atoms with Crippen molar-refractivity contribution in [3.05, 3.63) is 66.0 Å². The summed E-state index contributed by atoms with van der Waals surface area (Å²) in [5.74, 6) is 1.75. The molecule has 2 aromatic carbocycles. The maximum atomic E-state index is 12.2. The number of nitrogens with one attached hydrogen (secondary N) is 1. The predicted molar refractivity (Wildman–Crippen MR) is 163 cm³/mol. The summed E-state index contributed by atoms with van der Waals surface area (Å²) >= 11 is 0. The first kappa shape index (κ1) is 28.2. The van der Waals surface area contributed by atoms with Gasteiger partial charge in [0, 0.05) is 37.0 Å². The van der Waals surface area contributed by atoms with E-state index >= 15 is 0 Å². The van der Waals surface area contributed by atoms with Gasteiger partial charge in [0.15, 0.2) is 5.65 Å². The zero-order valence-corrected chi connectivity index (χ0v) is 24.4. The van der Waals surface area contributed by atoms with E-state index in [1.165, 1.54) is 5.69 Å². The lowest BCUT2D eigenvalue weighted by atomic mass is 9.93. The average molecular weight is 555 g/mol. The van der Waals surface area contributed by atoms with Crippen molar-refractivity contribution in [1.82, 2.24) is 15.0 Å². The molecule has 2 aromatic heterocycles. The number of methoxy groups -OCH3 is 2. The smallest absolute Gasteiger partial charge is 0.306 e. The van der Waals surface area contributed by atoms with Crippen LogP contribution in [0, 0.1) is 5.92 Å². The second-order valence-electron chi connectivity index (χ2n) is 11.5. The topological polar surface area (TPSA) is 89.6 Å². The van der Waals surface area contributed by atoms with E-state index in [2.05, 4.69) is 39.1 Å². The van der Waals surface area contributed by atoms with Crippen LogP contribution in [0.3, 0.4) is 0 Å². The summed E-state index contributed by atoms with van der Waals surface area (Å²) < 4.78 is 16.2. The molecule has 3 heterocycles. The van der Waals surface area contributed by atoms with Crippen molar-refractivity contribution >= 4 is 35.0 Å². The minimum Gasteiger partial charge on any atom is -0.497 e. The lowest BCUT2D eigenvalue weighted by molar-refractivity contribution is -0.156. The SMILES string of the molecule is COc1cc(/C=C/c2cnc3[nH]c(-c4ccc(N5CCC(CC(=O)OC(C)(C)C)CC5)cc4)cc3n2)cc(OC)c1. The molecular formula is C33H38N4O4. The van der Waals surface area contributed by atoms with Crippen molar-refractivity contribution < 1.29 is 19.0 Å². The molecule has 0 amide bonds. The first-order valence-electron chi connectivity index (χ1n) is 14.0. The van der Waals surface area contributed by atoms with E-state index in [-0.39, 0.29) is 5.97 Å². The molecule has 8 nitrogen and oxygen atoms in total. The first-order chi connectivity index (χ1) is 19.7. The van der Waals surface area contributed by atoms with E-state index in [1.54, 1.807) is 20.4 Å². The fraction of sp³-hybridized carbons (Fsp3) is 0.364. The van der Waals surface area contributed by atoms with E-state index < -0.39 is 5.60 Å². The number of ether oxygens (including phenoxy) is 3. The number of aromatic amines is 1. The summed E-state index contributed by atoms with van der Waals surface area (Å²) in [5, 5.41) is 0. The summed E-state index contributed by atoms with van der Waals surface area (Å²) in [7, 11) is 3.27. The minimum atomic E-state index is -0.428. The standard InChI is InChI=1S/C33H38N4O4/c1-33(2,3)41-31(38)18-22-12-14-37(15-13-22)26-10-7-24(8-11-26)29-20-30-32(36-29)34-21-25(35-30)9-6-23-16-27(39-4)19-28(17-23)40-5/h6-11,16-17,19-22H,12-15,18H2,1-5H3,(H,34,36)/b9-6+. The molecule has 0 atom stereocenters. The third kappa shape index (κ3) is 7.25. The molecule has 1 aliphatic heterocycles. The van der Waals surface area contributed by atoms with Crippen molar-refractivity contribution in [3.8, 4) is 22.8 Å². The average Bonchev–Trinajstić information content (AvgIpc) is 3.39. The van der Waals surface area contributed by atoms with Crippen LogP contribution in [0.5, 0.6) is 11.5 Å². The Bertz CT molecular complexity index is 1510. The summed E-state index contributed by atoms with van der Waals surface area (Å²) in [4.78, 5) is 27.4. The number of piperidine rings is 1. The van der Waals surface area contributed by atoms with Crippen LogP contribution in [0.15, 0.2) is 54.7 Å². The molecule has 0 spiro atoms. The monoisotopic (exact) mass is 554 g/mol. The lowest BCUT2D eigenvalue weighted by Crippen LogP contribution is -2.35. The van der Waals surface area contributed by atoms with Gasteiger partial charge in [-0.05, 0) is 87.1 Å². The van der Waals surface area contributed by atoms with Gasteiger partial charge in [-0.3, -0.25) is 4.79 Å². The molecule has 1 aliphatic rings. The summed E-state index contributed by atoms with van der Waals surface area (Å²) in [6, 6.07) is 16.3. The van der Waals surface area contributed by atoms with Crippen LogP contribution in [0.2, 0.25) is 0 Å². The highest BCUT2D eigenvalue weighted by Crippen LogP contribution is 2.29. The number of hydrogen-bond donors (Lipinski definition) is 1. The third-order valence-corrected chi connectivity index (χ3v) is 7.21. The largest absolute Gasteiger partial charge is 0.497 e. The third-order valence-electron chi connectivity index (χ3n) is 7.21. The number of hydrogen-bond acceptors (Lipinski definition) is 7. The summed E-state index contributed by atoms with van der Waals surface area (Å²) in [5.41, 5.74) is 6.08. The number of esters is 1. The predicted octanol–water partition coefficient (Wildman–Crippen LogP) is 6.76. The first-order valence-corrected chi connectivity index (χ1v) is 14.0.